The van der Waals surface area contributed by atoms with E-state index in [0.29, 0.717) is 44.0 Å². The van der Waals surface area contributed by atoms with Crippen LogP contribution in [0, 0.1) is 17.8 Å². The van der Waals surface area contributed by atoms with E-state index in [-0.39, 0.29) is 46.9 Å². The Balaban J connectivity index is 1.79. The van der Waals surface area contributed by atoms with Crippen LogP contribution in [-0.2, 0) is 14.4 Å². The quantitative estimate of drug-likeness (QED) is 0.128. The summed E-state index contributed by atoms with van der Waals surface area (Å²) in [6, 6.07) is 6.10. The van der Waals surface area contributed by atoms with Crippen molar-refractivity contribution < 1.29 is 24.2 Å². The predicted octanol–water partition coefficient (Wildman–Crippen LogP) is 5.68. The SMILES string of the molecule is C=CCN(CCCCC)C(=O)C1N([C@@H](CO)CC(C)C)C(=O)[C@@H]2[C@H](C(=O)N(CC=C)c3ccc(OCC)cc3)[C@H]3SC12CC3Br. The first kappa shape index (κ1) is 35.6. The van der Waals surface area contributed by atoms with Crippen LogP contribution in [0.4, 0.5) is 5.69 Å². The number of aliphatic hydroxyl groups is 1. The summed E-state index contributed by atoms with van der Waals surface area (Å²) < 4.78 is 4.82. The lowest BCUT2D eigenvalue weighted by Crippen LogP contribution is -2.58. The van der Waals surface area contributed by atoms with E-state index in [4.69, 9.17) is 4.74 Å². The van der Waals surface area contributed by atoms with Crippen LogP contribution in [0.5, 0.6) is 5.75 Å². The Hall–Kier alpha value is -2.30. The number of carbonyl (C=O) groups excluding carboxylic acids is 3. The van der Waals surface area contributed by atoms with Crippen molar-refractivity contribution in [3.63, 3.8) is 0 Å². The number of amides is 3. The number of fused-ring (bicyclic) bond motifs is 1. The fraction of sp³-hybridized carbons (Fsp3) is 0.629. The van der Waals surface area contributed by atoms with E-state index in [1.807, 2.05) is 36.1 Å². The molecule has 3 aliphatic heterocycles. The molecule has 1 spiro atoms. The molecule has 0 radical (unpaired) electrons. The molecule has 4 rings (SSSR count). The molecule has 3 fully saturated rings. The van der Waals surface area contributed by atoms with Gasteiger partial charge in [-0.25, -0.2) is 0 Å². The van der Waals surface area contributed by atoms with E-state index < -0.39 is 28.7 Å². The lowest BCUT2D eigenvalue weighted by molar-refractivity contribution is -0.146. The molecule has 3 aliphatic rings. The minimum absolute atomic E-state index is 0.0488. The normalized spacial score (nSPS) is 27.4. The minimum Gasteiger partial charge on any atom is -0.494 e. The topological polar surface area (TPSA) is 90.4 Å². The number of benzene rings is 1. The maximum Gasteiger partial charge on any atom is 0.247 e. The molecular weight excluding hydrogens is 654 g/mol. The first-order valence-corrected chi connectivity index (χ1v) is 18.2. The molecule has 3 amide bonds. The van der Waals surface area contributed by atoms with E-state index in [0.717, 1.165) is 19.3 Å². The summed E-state index contributed by atoms with van der Waals surface area (Å²) in [7, 11) is 0. The third-order valence-corrected chi connectivity index (χ3v) is 12.5. The van der Waals surface area contributed by atoms with Gasteiger partial charge in [0.2, 0.25) is 17.7 Å². The number of aliphatic hydroxyl groups excluding tert-OH is 1. The van der Waals surface area contributed by atoms with Crippen molar-refractivity contribution in [2.24, 2.45) is 17.8 Å². The molecule has 0 saturated carbocycles. The number of carbonyl (C=O) groups is 3. The van der Waals surface area contributed by atoms with Gasteiger partial charge >= 0.3 is 0 Å². The summed E-state index contributed by atoms with van der Waals surface area (Å²) in [4.78, 5) is 49.3. The van der Waals surface area contributed by atoms with Gasteiger partial charge in [0.25, 0.3) is 0 Å². The molecule has 3 saturated heterocycles. The molecular formula is C35H50BrN3O5S. The molecule has 2 bridgehead atoms. The van der Waals surface area contributed by atoms with Crippen LogP contribution < -0.4 is 9.64 Å². The highest BCUT2D eigenvalue weighted by molar-refractivity contribution is 9.09. The second-order valence-corrected chi connectivity index (χ2v) is 15.5. The minimum atomic E-state index is -0.791. The van der Waals surface area contributed by atoms with E-state index in [1.54, 1.807) is 33.7 Å². The van der Waals surface area contributed by atoms with Crippen molar-refractivity contribution in [1.82, 2.24) is 9.80 Å². The molecule has 3 unspecified atom stereocenters. The second kappa shape index (κ2) is 15.5. The summed E-state index contributed by atoms with van der Waals surface area (Å²) in [6.45, 7) is 17.5. The van der Waals surface area contributed by atoms with Gasteiger partial charge in [0.15, 0.2) is 0 Å². The number of hydrogen-bond donors (Lipinski definition) is 1. The van der Waals surface area contributed by atoms with E-state index in [2.05, 4.69) is 49.9 Å². The largest absolute Gasteiger partial charge is 0.494 e. The number of halogens is 1. The van der Waals surface area contributed by atoms with Crippen molar-refractivity contribution in [2.45, 2.75) is 86.7 Å². The molecule has 45 heavy (non-hydrogen) atoms. The number of anilines is 1. The van der Waals surface area contributed by atoms with Crippen LogP contribution in [0.2, 0.25) is 0 Å². The number of thioether (sulfide) groups is 1. The Morgan fingerprint density at radius 1 is 1.16 bits per heavy atom. The van der Waals surface area contributed by atoms with Crippen LogP contribution >= 0.6 is 27.7 Å². The Labute approximate surface area is 281 Å². The Bertz CT molecular complexity index is 1230. The van der Waals surface area contributed by atoms with Crippen molar-refractivity contribution in [3.8, 4) is 5.75 Å². The van der Waals surface area contributed by atoms with Crippen LogP contribution in [0.15, 0.2) is 49.6 Å². The summed E-state index contributed by atoms with van der Waals surface area (Å²) in [5, 5.41) is 10.5. The molecule has 7 atom stereocenters. The number of ether oxygens (including phenoxy) is 1. The molecule has 0 aliphatic carbocycles. The zero-order chi connectivity index (χ0) is 32.9. The number of likely N-dealkylation sites (tertiary alicyclic amines) is 1. The number of nitrogens with zero attached hydrogens (tertiary/aromatic N) is 3. The maximum absolute atomic E-state index is 14.8. The average molecular weight is 705 g/mol. The van der Waals surface area contributed by atoms with Crippen LogP contribution in [0.25, 0.3) is 0 Å². The van der Waals surface area contributed by atoms with Gasteiger partial charge in [-0.15, -0.1) is 24.9 Å². The van der Waals surface area contributed by atoms with Crippen molar-refractivity contribution in [2.75, 3.05) is 37.7 Å². The van der Waals surface area contributed by atoms with Gasteiger partial charge in [-0.3, -0.25) is 14.4 Å². The fourth-order valence-corrected chi connectivity index (χ4v) is 11.1. The third kappa shape index (κ3) is 6.89. The number of unbranched alkanes of at least 4 members (excludes halogenated alkanes) is 2. The summed E-state index contributed by atoms with van der Waals surface area (Å²) >= 11 is 5.52. The van der Waals surface area contributed by atoms with Gasteiger partial charge < -0.3 is 24.5 Å². The lowest BCUT2D eigenvalue weighted by atomic mass is 9.70. The van der Waals surface area contributed by atoms with Gasteiger partial charge in [-0.2, -0.15) is 0 Å². The molecule has 10 heteroatoms. The number of alkyl halides is 1. The van der Waals surface area contributed by atoms with Gasteiger partial charge in [-0.1, -0.05) is 61.7 Å². The Kier molecular flexibility index (Phi) is 12.3. The van der Waals surface area contributed by atoms with Crippen molar-refractivity contribution >= 4 is 51.1 Å². The van der Waals surface area contributed by atoms with Gasteiger partial charge in [0.1, 0.15) is 11.8 Å². The standard InChI is InChI=1S/C35H50BrN3O5S/c1-7-11-12-19-37(17-8-2)34(43)31-35-21-27(36)30(45-35)28(29(35)33(42)39(31)25(22-40)20-23(5)6)32(41)38(18-9-3)24-13-15-26(16-14-24)44-10-4/h8-9,13-16,23,25,27-31,40H,2-3,7,10-12,17-22H2,1,4-6H3/t25-,27?,28+,29+,30+,31?,35?/m1/s1. The first-order chi connectivity index (χ1) is 21.6. The fourth-order valence-electron chi connectivity index (χ4n) is 7.54. The second-order valence-electron chi connectivity index (χ2n) is 12.8. The van der Waals surface area contributed by atoms with Crippen molar-refractivity contribution in [1.29, 1.82) is 0 Å². The molecule has 8 nitrogen and oxygen atoms in total. The summed E-state index contributed by atoms with van der Waals surface area (Å²) in [6.07, 6.45) is 7.47. The predicted molar refractivity (Wildman–Crippen MR) is 186 cm³/mol. The summed E-state index contributed by atoms with van der Waals surface area (Å²) in [5.41, 5.74) is 0.701. The van der Waals surface area contributed by atoms with Crippen LogP contribution in [-0.4, -0.2) is 92.4 Å². The lowest BCUT2D eigenvalue weighted by Gasteiger charge is -2.40. The third-order valence-electron chi connectivity index (χ3n) is 9.32. The first-order valence-electron chi connectivity index (χ1n) is 16.4. The highest BCUT2D eigenvalue weighted by Crippen LogP contribution is 2.68. The van der Waals surface area contributed by atoms with Crippen molar-refractivity contribution in [3.05, 3.63) is 49.6 Å². The molecule has 0 aromatic heterocycles. The van der Waals surface area contributed by atoms with E-state index in [1.165, 1.54) is 0 Å². The monoisotopic (exact) mass is 703 g/mol. The zero-order valence-corrected chi connectivity index (χ0v) is 29.6. The molecule has 1 aromatic rings. The maximum atomic E-state index is 14.8. The molecule has 248 valence electrons. The zero-order valence-electron chi connectivity index (χ0n) is 27.2. The van der Waals surface area contributed by atoms with Gasteiger partial charge in [-0.05, 0) is 56.4 Å². The molecule has 1 aromatic carbocycles. The molecule has 1 N–H and O–H groups in total. The van der Waals surface area contributed by atoms with Gasteiger partial charge in [0.05, 0.1) is 35.8 Å². The van der Waals surface area contributed by atoms with Gasteiger partial charge in [0, 0.05) is 35.4 Å². The highest BCUT2D eigenvalue weighted by Gasteiger charge is 2.76. The average Bonchev–Trinajstić information content (AvgIpc) is 3.61. The Morgan fingerprint density at radius 2 is 1.84 bits per heavy atom. The van der Waals surface area contributed by atoms with E-state index >= 15 is 0 Å². The molecule has 3 heterocycles. The van der Waals surface area contributed by atoms with E-state index in [9.17, 15) is 19.5 Å². The number of hydrogen-bond acceptors (Lipinski definition) is 6. The smallest absolute Gasteiger partial charge is 0.247 e. The summed E-state index contributed by atoms with van der Waals surface area (Å²) in [5.74, 6) is -0.861. The Morgan fingerprint density at radius 3 is 2.42 bits per heavy atom. The number of rotatable bonds is 17. The van der Waals surface area contributed by atoms with Crippen LogP contribution in [0.1, 0.15) is 59.8 Å². The van der Waals surface area contributed by atoms with Crippen LogP contribution in [0.3, 0.4) is 0 Å². The highest BCUT2D eigenvalue weighted by atomic mass is 79.9.